The van der Waals surface area contributed by atoms with Crippen molar-refractivity contribution in [3.8, 4) is 11.5 Å². The predicted octanol–water partition coefficient (Wildman–Crippen LogP) is 0.527. The fraction of sp³-hybridized carbons (Fsp3) is 0.429. The Kier molecular flexibility index (Phi) is 10.7. The van der Waals surface area contributed by atoms with Crippen molar-refractivity contribution < 1.29 is 29.0 Å². The second-order valence-electron chi connectivity index (χ2n) is 9.77. The summed E-state index contributed by atoms with van der Waals surface area (Å²) in [7, 11) is 5.46. The van der Waals surface area contributed by atoms with Gasteiger partial charge in [-0.25, -0.2) is 0 Å². The van der Waals surface area contributed by atoms with Crippen LogP contribution in [0.2, 0.25) is 0 Å². The van der Waals surface area contributed by atoms with Gasteiger partial charge >= 0.3 is 0 Å². The van der Waals surface area contributed by atoms with Crippen LogP contribution in [0.25, 0.3) is 0 Å². The monoisotopic (exact) mass is 539 g/mol. The van der Waals surface area contributed by atoms with Gasteiger partial charge in [-0.05, 0) is 56.9 Å². The smallest absolute Gasteiger partial charge is 0.255 e. The lowest BCUT2D eigenvalue weighted by atomic mass is 10.0. The normalized spacial score (nSPS) is 18.9. The number of nitrogens with zero attached hydrogens (tertiary/aromatic N) is 2. The lowest BCUT2D eigenvalue weighted by molar-refractivity contribution is -0.136. The molecule has 2 aromatic carbocycles. The zero-order valence-corrected chi connectivity index (χ0v) is 22.6. The molecule has 0 bridgehead atoms. The van der Waals surface area contributed by atoms with Gasteiger partial charge in [0.15, 0.2) is 0 Å². The lowest BCUT2D eigenvalue weighted by Crippen LogP contribution is -2.53. The number of ether oxygens (including phenoxy) is 1. The predicted molar refractivity (Wildman–Crippen MR) is 145 cm³/mol. The van der Waals surface area contributed by atoms with E-state index in [2.05, 4.69) is 16.0 Å². The molecule has 0 fully saturated rings. The topological polar surface area (TPSA) is 140 Å². The van der Waals surface area contributed by atoms with Crippen molar-refractivity contribution in [1.29, 1.82) is 0 Å². The van der Waals surface area contributed by atoms with E-state index in [9.17, 15) is 24.3 Å². The van der Waals surface area contributed by atoms with Crippen LogP contribution in [0.5, 0.6) is 11.5 Å². The van der Waals surface area contributed by atoms with Crippen LogP contribution in [0.15, 0.2) is 48.5 Å². The zero-order chi connectivity index (χ0) is 28.4. The van der Waals surface area contributed by atoms with Crippen LogP contribution >= 0.6 is 0 Å². The number of para-hydroxylation sites is 1. The molecular weight excluding hydrogens is 502 g/mol. The van der Waals surface area contributed by atoms with E-state index in [4.69, 9.17) is 4.74 Å². The molecule has 2 aromatic rings. The SMILES string of the molecule is CN(C)CCCNC(=O)[C@@H]1CC(=O)N[C@@H](Cc2ccc(O)cc2)C(=O)N(C)CCOc2ccccc2C(=O)N1. The first-order valence-electron chi connectivity index (χ1n) is 12.9. The van der Waals surface area contributed by atoms with Crippen LogP contribution in [0.1, 0.15) is 28.8 Å². The standard InChI is InChI=1S/C28H37N5O6/c1-32(2)14-6-13-29-27(37)22-18-25(35)30-23(17-19-9-11-20(34)12-10-19)28(38)33(3)15-16-39-24-8-5-4-7-21(24)26(36)31-22/h4-5,7-12,22-23,34H,6,13-18H2,1-3H3,(H,29,37)(H,30,35)(H,31,36)/t22-,23-/m0/s1. The largest absolute Gasteiger partial charge is 0.508 e. The third kappa shape index (κ3) is 8.99. The van der Waals surface area contributed by atoms with E-state index in [1.807, 2.05) is 19.0 Å². The van der Waals surface area contributed by atoms with Gasteiger partial charge < -0.3 is 35.6 Å². The number of hydrogen-bond donors (Lipinski definition) is 4. The summed E-state index contributed by atoms with van der Waals surface area (Å²) in [6.45, 7) is 1.46. The first-order chi connectivity index (χ1) is 18.6. The second-order valence-corrected chi connectivity index (χ2v) is 9.77. The quantitative estimate of drug-likeness (QED) is 0.376. The molecule has 0 radical (unpaired) electrons. The summed E-state index contributed by atoms with van der Waals surface area (Å²) < 4.78 is 5.83. The van der Waals surface area contributed by atoms with Gasteiger partial charge in [0.2, 0.25) is 17.7 Å². The number of carbonyl (C=O) groups excluding carboxylic acids is 4. The summed E-state index contributed by atoms with van der Waals surface area (Å²) in [5.74, 6) is -1.54. The van der Waals surface area contributed by atoms with Gasteiger partial charge in [0.25, 0.3) is 5.91 Å². The van der Waals surface area contributed by atoms with E-state index in [0.717, 1.165) is 12.1 Å². The molecule has 1 heterocycles. The second kappa shape index (κ2) is 14.1. The van der Waals surface area contributed by atoms with Crippen LogP contribution in [0.3, 0.4) is 0 Å². The number of fused-ring (bicyclic) bond motifs is 1. The van der Waals surface area contributed by atoms with E-state index in [-0.39, 0.29) is 43.2 Å². The maximum atomic E-state index is 13.3. The highest BCUT2D eigenvalue weighted by molar-refractivity contribution is 6.01. The van der Waals surface area contributed by atoms with Gasteiger partial charge in [0.05, 0.1) is 18.5 Å². The molecule has 0 saturated carbocycles. The summed E-state index contributed by atoms with van der Waals surface area (Å²) in [4.78, 5) is 56.2. The molecule has 39 heavy (non-hydrogen) atoms. The third-order valence-electron chi connectivity index (χ3n) is 6.29. The Morgan fingerprint density at radius 2 is 1.82 bits per heavy atom. The molecule has 0 spiro atoms. The summed E-state index contributed by atoms with van der Waals surface area (Å²) in [6.07, 6.45) is 0.502. The summed E-state index contributed by atoms with van der Waals surface area (Å²) >= 11 is 0. The average molecular weight is 540 g/mol. The maximum absolute atomic E-state index is 13.3. The molecule has 1 aliphatic rings. The van der Waals surface area contributed by atoms with Crippen LogP contribution in [-0.2, 0) is 20.8 Å². The highest BCUT2D eigenvalue weighted by Crippen LogP contribution is 2.19. The molecule has 0 unspecified atom stereocenters. The Morgan fingerprint density at radius 3 is 2.54 bits per heavy atom. The number of nitrogens with one attached hydrogen (secondary N) is 3. The van der Waals surface area contributed by atoms with Gasteiger partial charge in [-0.15, -0.1) is 0 Å². The van der Waals surface area contributed by atoms with Gasteiger partial charge in [-0.1, -0.05) is 24.3 Å². The Morgan fingerprint density at radius 1 is 1.10 bits per heavy atom. The summed E-state index contributed by atoms with van der Waals surface area (Å²) in [6, 6.07) is 10.9. The van der Waals surface area contributed by atoms with Crippen molar-refractivity contribution in [2.24, 2.45) is 0 Å². The van der Waals surface area contributed by atoms with Crippen molar-refractivity contribution >= 4 is 23.6 Å². The van der Waals surface area contributed by atoms with Gasteiger partial charge in [-0.2, -0.15) is 0 Å². The van der Waals surface area contributed by atoms with Crippen molar-refractivity contribution in [3.05, 3.63) is 59.7 Å². The fourth-order valence-corrected chi connectivity index (χ4v) is 4.13. The molecule has 210 valence electrons. The minimum absolute atomic E-state index is 0.0878. The number of hydrogen-bond acceptors (Lipinski definition) is 7. The maximum Gasteiger partial charge on any atom is 0.255 e. The molecular formula is C28H37N5O6. The Hall–Kier alpha value is -4.12. The minimum Gasteiger partial charge on any atom is -0.508 e. The molecule has 11 heteroatoms. The van der Waals surface area contributed by atoms with Crippen molar-refractivity contribution in [2.75, 3.05) is 47.4 Å². The molecule has 0 aliphatic carbocycles. The Bertz CT molecular complexity index is 1150. The summed E-state index contributed by atoms with van der Waals surface area (Å²) in [5, 5.41) is 17.8. The number of benzene rings is 2. The highest BCUT2D eigenvalue weighted by Gasteiger charge is 2.30. The van der Waals surface area contributed by atoms with E-state index < -0.39 is 29.8 Å². The molecule has 3 rings (SSSR count). The van der Waals surface area contributed by atoms with Crippen molar-refractivity contribution in [1.82, 2.24) is 25.8 Å². The molecule has 4 N–H and O–H groups in total. The van der Waals surface area contributed by atoms with E-state index in [0.29, 0.717) is 18.7 Å². The van der Waals surface area contributed by atoms with Crippen LogP contribution in [-0.4, -0.2) is 98.0 Å². The lowest BCUT2D eigenvalue weighted by Gasteiger charge is -2.27. The van der Waals surface area contributed by atoms with Crippen LogP contribution in [0.4, 0.5) is 0 Å². The number of rotatable bonds is 7. The Balaban J connectivity index is 1.86. The molecule has 1 aliphatic heterocycles. The number of phenolic OH excluding ortho intramolecular Hbond substituents is 1. The van der Waals surface area contributed by atoms with Gasteiger partial charge in [0.1, 0.15) is 30.2 Å². The van der Waals surface area contributed by atoms with Crippen molar-refractivity contribution in [3.63, 3.8) is 0 Å². The van der Waals surface area contributed by atoms with Gasteiger partial charge in [0, 0.05) is 20.0 Å². The van der Waals surface area contributed by atoms with E-state index in [1.54, 1.807) is 43.4 Å². The summed E-state index contributed by atoms with van der Waals surface area (Å²) in [5.41, 5.74) is 0.953. The number of phenols is 1. The van der Waals surface area contributed by atoms with Gasteiger partial charge in [-0.3, -0.25) is 19.2 Å². The highest BCUT2D eigenvalue weighted by atomic mass is 16.5. The third-order valence-corrected chi connectivity index (χ3v) is 6.29. The van der Waals surface area contributed by atoms with E-state index in [1.165, 1.54) is 17.0 Å². The van der Waals surface area contributed by atoms with Crippen molar-refractivity contribution in [2.45, 2.75) is 31.3 Å². The zero-order valence-electron chi connectivity index (χ0n) is 22.6. The molecule has 4 amide bonds. The van der Waals surface area contributed by atoms with Crippen LogP contribution < -0.4 is 20.7 Å². The Labute approximate surface area is 228 Å². The molecule has 0 saturated heterocycles. The minimum atomic E-state index is -1.17. The van der Waals surface area contributed by atoms with E-state index >= 15 is 0 Å². The molecule has 0 aromatic heterocycles. The number of amides is 4. The number of aromatic hydroxyl groups is 1. The van der Waals surface area contributed by atoms with Crippen LogP contribution in [0, 0.1) is 0 Å². The molecule has 2 atom stereocenters. The molecule has 11 nitrogen and oxygen atoms in total. The number of carbonyl (C=O) groups is 4. The first kappa shape index (κ1) is 29.4. The number of likely N-dealkylation sites (N-methyl/N-ethyl adjacent to an activating group) is 1. The average Bonchev–Trinajstić information content (AvgIpc) is 2.90. The first-order valence-corrected chi connectivity index (χ1v) is 12.9. The fourth-order valence-electron chi connectivity index (χ4n) is 4.13.